The van der Waals surface area contributed by atoms with Gasteiger partial charge in [-0.15, -0.1) is 0 Å². The first-order valence-corrected chi connectivity index (χ1v) is 21.3. The largest absolute Gasteiger partial charge is 0.459 e. The van der Waals surface area contributed by atoms with E-state index in [0.29, 0.717) is 19.6 Å². The summed E-state index contributed by atoms with van der Waals surface area (Å²) < 4.78 is 53.4. The molecular weight excluding hydrogens is 788 g/mol. The summed E-state index contributed by atoms with van der Waals surface area (Å²) in [6.45, 7) is 17.2. The first-order chi connectivity index (χ1) is 28.0. The van der Waals surface area contributed by atoms with Crippen LogP contribution in [0.1, 0.15) is 94.9 Å². The number of ether oxygens (including phenoxy) is 9. The fraction of sp³-hybridized carbons (Fsp3) is 0.952. The number of hydrogen-bond donors (Lipinski definition) is 5. The number of oxime groups is 1. The number of carbonyl (C=O) groups is 1. The van der Waals surface area contributed by atoms with Gasteiger partial charge in [0.05, 0.1) is 66.6 Å². The number of hydrogen-bond acceptors (Lipinski definition) is 18. The molecule has 3 fully saturated rings. The number of aliphatic hydroxyl groups excluding tert-OH is 3. The number of cyclic esters (lactones) is 1. The van der Waals surface area contributed by atoms with E-state index in [1.165, 1.54) is 14.0 Å². The van der Waals surface area contributed by atoms with Crippen molar-refractivity contribution in [3.8, 4) is 0 Å². The smallest absolute Gasteiger partial charge is 0.311 e. The molecule has 0 spiro atoms. The molecule has 0 aromatic rings. The second-order valence-corrected chi connectivity index (χ2v) is 18.1. The summed E-state index contributed by atoms with van der Waals surface area (Å²) >= 11 is 0. The third kappa shape index (κ3) is 13.0. The Morgan fingerprint density at radius 3 is 2.13 bits per heavy atom. The first kappa shape index (κ1) is 52.7. The lowest BCUT2D eigenvalue weighted by molar-refractivity contribution is -0.317. The fourth-order valence-electron chi connectivity index (χ4n) is 9.03. The molecule has 0 saturated carbocycles. The molecule has 0 bridgehead atoms. The molecule has 18 atom stereocenters. The zero-order chi connectivity index (χ0) is 45.3. The number of rotatable bonds is 15. The Labute approximate surface area is 357 Å². The van der Waals surface area contributed by atoms with Crippen LogP contribution >= 0.6 is 0 Å². The second kappa shape index (κ2) is 22.8. The summed E-state index contributed by atoms with van der Waals surface area (Å²) in [6.07, 6.45) is -9.64. The highest BCUT2D eigenvalue weighted by Crippen LogP contribution is 2.41. The van der Waals surface area contributed by atoms with Crippen molar-refractivity contribution in [2.24, 2.45) is 28.8 Å². The number of likely N-dealkylation sites (N-methyl/N-ethyl adjacent to an activating group) is 1. The van der Waals surface area contributed by atoms with Crippen LogP contribution in [0.15, 0.2) is 5.16 Å². The minimum absolute atomic E-state index is 0.0481. The minimum atomic E-state index is -1.98. The van der Waals surface area contributed by atoms with Crippen LogP contribution in [0.4, 0.5) is 0 Å². The number of carbonyl (C=O) groups excluding carboxylic acids is 1. The maximum Gasteiger partial charge on any atom is 0.311 e. The standard InChI is InChI=1S/C42H78N2O16/c1-15-30-42(10,50)35(46)25(4)32(43-55-22-54-21-53-17-16-51-13)23(2)19-40(8,49)37(60-39-33(45)29(44(11)12)18-24(3)56-39)26(5)34(27(6)38(48)58-30)59-31-20-41(9,52-14)36(47)28(7)57-31/h23-31,33-37,39,45-47,49-50H,15-22H2,1-14H3/t23-,24?,25+,26+,27-,28?,29?,30-,31?,33?,34+,35-,36?,37-,39?,40-,41?,42-/m1/s1. The molecule has 5 N–H and O–H groups in total. The van der Waals surface area contributed by atoms with E-state index in [1.807, 2.05) is 25.9 Å². The Balaban J connectivity index is 2.18. The van der Waals surface area contributed by atoms with E-state index in [0.717, 1.165) is 0 Å². The van der Waals surface area contributed by atoms with Crippen LogP contribution in [0, 0.1) is 23.7 Å². The van der Waals surface area contributed by atoms with Crippen molar-refractivity contribution in [1.82, 2.24) is 4.90 Å². The molecule has 0 amide bonds. The zero-order valence-corrected chi connectivity index (χ0v) is 38.4. The molecule has 3 heterocycles. The van der Waals surface area contributed by atoms with Gasteiger partial charge in [0.2, 0.25) is 6.79 Å². The van der Waals surface area contributed by atoms with E-state index < -0.39 is 102 Å². The van der Waals surface area contributed by atoms with Crippen LogP contribution in [-0.4, -0.2) is 181 Å². The lowest BCUT2D eigenvalue weighted by Crippen LogP contribution is -2.61. The SMILES string of the molecule is CC[C@H]1OC(=O)[C@H](C)[C@@H](OC2CC(C)(OC)C(O)C(C)O2)[C@H](C)[C@@H](OC2OC(C)CC(N(C)C)C2O)[C@](C)(O)C[C@@H](C)C(=NOCOCOCCOC)[C@H](C)[C@@H](O)[C@]1(C)O. The number of aliphatic hydroxyl groups is 5. The topological polar surface area (TPSA) is 226 Å². The summed E-state index contributed by atoms with van der Waals surface area (Å²) in [7, 11) is 6.76. The summed E-state index contributed by atoms with van der Waals surface area (Å²) in [6, 6.07) is -0.336. The molecule has 0 radical (unpaired) electrons. The zero-order valence-electron chi connectivity index (χ0n) is 38.4. The number of esters is 1. The maximum atomic E-state index is 14.4. The summed E-state index contributed by atoms with van der Waals surface area (Å²) in [5, 5.41) is 63.7. The number of nitrogens with zero attached hydrogens (tertiary/aromatic N) is 2. The van der Waals surface area contributed by atoms with Gasteiger partial charge in [-0.2, -0.15) is 0 Å². The predicted molar refractivity (Wildman–Crippen MR) is 218 cm³/mol. The van der Waals surface area contributed by atoms with Gasteiger partial charge in [-0.05, 0) is 74.9 Å². The average molecular weight is 867 g/mol. The van der Waals surface area contributed by atoms with Crippen molar-refractivity contribution in [1.29, 1.82) is 0 Å². The summed E-state index contributed by atoms with van der Waals surface area (Å²) in [5.74, 6) is -4.22. The Kier molecular flexibility index (Phi) is 20.1. The Morgan fingerprint density at radius 2 is 1.53 bits per heavy atom. The molecular formula is C42H78N2O16. The molecule has 352 valence electrons. The van der Waals surface area contributed by atoms with Gasteiger partial charge in [0.1, 0.15) is 23.9 Å². The molecule has 3 aliphatic heterocycles. The highest BCUT2D eigenvalue weighted by atomic mass is 16.8. The molecule has 18 heteroatoms. The Bertz CT molecular complexity index is 1340. The molecule has 3 rings (SSSR count). The first-order valence-electron chi connectivity index (χ1n) is 21.3. The van der Waals surface area contributed by atoms with Crippen LogP contribution in [0.5, 0.6) is 0 Å². The molecule has 8 unspecified atom stereocenters. The molecule has 0 aliphatic carbocycles. The third-order valence-electron chi connectivity index (χ3n) is 12.8. The van der Waals surface area contributed by atoms with Gasteiger partial charge < -0.3 is 77.9 Å². The summed E-state index contributed by atoms with van der Waals surface area (Å²) in [5.41, 5.74) is -4.56. The van der Waals surface area contributed by atoms with Crippen LogP contribution in [-0.2, 0) is 52.3 Å². The monoisotopic (exact) mass is 867 g/mol. The van der Waals surface area contributed by atoms with Crippen molar-refractivity contribution in [2.75, 3.05) is 55.1 Å². The molecule has 60 heavy (non-hydrogen) atoms. The highest BCUT2D eigenvalue weighted by Gasteiger charge is 2.53. The lowest BCUT2D eigenvalue weighted by Gasteiger charge is -2.49. The van der Waals surface area contributed by atoms with Gasteiger partial charge in [0.25, 0.3) is 0 Å². The molecule has 3 saturated heterocycles. The predicted octanol–water partition coefficient (Wildman–Crippen LogP) is 2.18. The van der Waals surface area contributed by atoms with E-state index >= 15 is 0 Å². The van der Waals surface area contributed by atoms with Crippen LogP contribution < -0.4 is 0 Å². The summed E-state index contributed by atoms with van der Waals surface area (Å²) in [4.78, 5) is 21.8. The quantitative estimate of drug-likeness (QED) is 0.0688. The van der Waals surface area contributed by atoms with Crippen molar-refractivity contribution in [2.45, 2.75) is 179 Å². The van der Waals surface area contributed by atoms with E-state index in [9.17, 15) is 30.3 Å². The minimum Gasteiger partial charge on any atom is -0.459 e. The van der Waals surface area contributed by atoms with Crippen molar-refractivity contribution >= 4 is 11.7 Å². The molecule has 0 aromatic heterocycles. The lowest BCUT2D eigenvalue weighted by atomic mass is 9.73. The van der Waals surface area contributed by atoms with Gasteiger partial charge in [-0.3, -0.25) is 4.79 Å². The second-order valence-electron chi connectivity index (χ2n) is 18.1. The van der Waals surface area contributed by atoms with Gasteiger partial charge in [-0.1, -0.05) is 32.9 Å². The van der Waals surface area contributed by atoms with Crippen LogP contribution in [0.3, 0.4) is 0 Å². The van der Waals surface area contributed by atoms with Crippen molar-refractivity contribution in [3.05, 3.63) is 0 Å². The van der Waals surface area contributed by atoms with Crippen LogP contribution in [0.2, 0.25) is 0 Å². The van der Waals surface area contributed by atoms with E-state index in [1.54, 1.807) is 62.5 Å². The van der Waals surface area contributed by atoms with Crippen molar-refractivity contribution < 1.29 is 77.8 Å². The van der Waals surface area contributed by atoms with E-state index in [-0.39, 0.29) is 50.7 Å². The number of methoxy groups -OCH3 is 2. The third-order valence-corrected chi connectivity index (χ3v) is 12.8. The van der Waals surface area contributed by atoms with Crippen molar-refractivity contribution in [3.63, 3.8) is 0 Å². The van der Waals surface area contributed by atoms with Gasteiger partial charge >= 0.3 is 5.97 Å². The van der Waals surface area contributed by atoms with E-state index in [2.05, 4.69) is 5.16 Å². The average Bonchev–Trinajstić information content (AvgIpc) is 3.18. The van der Waals surface area contributed by atoms with Crippen LogP contribution in [0.25, 0.3) is 0 Å². The Morgan fingerprint density at radius 1 is 0.867 bits per heavy atom. The van der Waals surface area contributed by atoms with Gasteiger partial charge in [0, 0.05) is 44.4 Å². The normalized spacial score (nSPS) is 44.7. The van der Waals surface area contributed by atoms with Gasteiger partial charge in [-0.25, -0.2) is 0 Å². The maximum absolute atomic E-state index is 14.4. The highest BCUT2D eigenvalue weighted by molar-refractivity contribution is 5.88. The Hall–Kier alpha value is -1.62. The van der Waals surface area contributed by atoms with Gasteiger partial charge in [0.15, 0.2) is 19.4 Å². The fourth-order valence-corrected chi connectivity index (χ4v) is 9.03. The van der Waals surface area contributed by atoms with E-state index in [4.69, 9.17) is 47.5 Å². The molecule has 18 nitrogen and oxygen atoms in total. The molecule has 0 aromatic carbocycles. The molecule has 3 aliphatic rings.